The highest BCUT2D eigenvalue weighted by Crippen LogP contribution is 2.24. The van der Waals surface area contributed by atoms with E-state index in [1.807, 2.05) is 6.92 Å². The molecular weight excluding hydrogens is 184 g/mol. The van der Waals surface area contributed by atoms with E-state index < -0.39 is 11.5 Å². The fourth-order valence-electron chi connectivity index (χ4n) is 1.52. The van der Waals surface area contributed by atoms with Crippen molar-refractivity contribution in [1.29, 1.82) is 0 Å². The topological polar surface area (TPSA) is 81.6 Å². The Morgan fingerprint density at radius 1 is 1.57 bits per heavy atom. The lowest BCUT2D eigenvalue weighted by atomic mass is 9.88. The molecule has 0 aromatic rings. The molecule has 14 heavy (non-hydrogen) atoms. The average molecular weight is 202 g/mol. The van der Waals surface area contributed by atoms with Gasteiger partial charge in [0, 0.05) is 6.54 Å². The van der Waals surface area contributed by atoms with Gasteiger partial charge in [-0.05, 0) is 19.9 Å². The van der Waals surface area contributed by atoms with E-state index in [0.717, 1.165) is 13.0 Å². The van der Waals surface area contributed by atoms with Gasteiger partial charge >= 0.3 is 0 Å². The third-order valence-corrected chi connectivity index (χ3v) is 2.69. The van der Waals surface area contributed by atoms with Crippen molar-refractivity contribution in [2.45, 2.75) is 19.4 Å². The monoisotopic (exact) mass is 202 g/mol. The van der Waals surface area contributed by atoms with E-state index in [9.17, 15) is 4.79 Å². The first kappa shape index (κ1) is 11.4. The van der Waals surface area contributed by atoms with Crippen molar-refractivity contribution in [3.05, 3.63) is 0 Å². The van der Waals surface area contributed by atoms with E-state index in [4.69, 9.17) is 10.2 Å². The largest absolute Gasteiger partial charge is 0.394 e. The molecule has 1 amide bonds. The van der Waals surface area contributed by atoms with Crippen LogP contribution in [0.4, 0.5) is 0 Å². The Bertz CT molecular complexity index is 198. The van der Waals surface area contributed by atoms with Crippen LogP contribution < -0.4 is 10.6 Å². The van der Waals surface area contributed by atoms with E-state index in [2.05, 4.69) is 10.6 Å². The normalized spacial score (nSPS) is 26.9. The van der Waals surface area contributed by atoms with Gasteiger partial charge in [0.2, 0.25) is 5.91 Å². The first-order valence-electron chi connectivity index (χ1n) is 4.86. The van der Waals surface area contributed by atoms with Gasteiger partial charge in [-0.3, -0.25) is 4.79 Å². The molecule has 0 saturated carbocycles. The van der Waals surface area contributed by atoms with Gasteiger partial charge in [0.15, 0.2) is 0 Å². The Hall–Kier alpha value is -0.650. The predicted octanol–water partition coefficient (Wildman–Crippen LogP) is -1.54. The zero-order valence-corrected chi connectivity index (χ0v) is 8.42. The van der Waals surface area contributed by atoms with Crippen molar-refractivity contribution in [3.8, 4) is 0 Å². The molecule has 1 atom stereocenters. The molecular formula is C9H18N2O3. The number of carbonyl (C=O) groups excluding carboxylic acids is 1. The zero-order chi connectivity index (χ0) is 10.6. The molecule has 4 N–H and O–H groups in total. The molecule has 1 fully saturated rings. The summed E-state index contributed by atoms with van der Waals surface area (Å²) >= 11 is 0. The predicted molar refractivity (Wildman–Crippen MR) is 51.7 cm³/mol. The quantitative estimate of drug-likeness (QED) is 0.445. The molecule has 0 radical (unpaired) electrons. The minimum Gasteiger partial charge on any atom is -0.394 e. The maximum atomic E-state index is 11.7. The lowest BCUT2D eigenvalue weighted by Gasteiger charge is -2.24. The van der Waals surface area contributed by atoms with Crippen molar-refractivity contribution >= 4 is 5.91 Å². The lowest BCUT2D eigenvalue weighted by molar-refractivity contribution is -0.130. The van der Waals surface area contributed by atoms with E-state index in [-0.39, 0.29) is 19.1 Å². The summed E-state index contributed by atoms with van der Waals surface area (Å²) in [5, 5.41) is 23.4. The smallest absolute Gasteiger partial charge is 0.227 e. The van der Waals surface area contributed by atoms with Crippen LogP contribution in [0.25, 0.3) is 0 Å². The molecule has 0 bridgehead atoms. The molecule has 0 spiro atoms. The van der Waals surface area contributed by atoms with Gasteiger partial charge < -0.3 is 20.8 Å². The van der Waals surface area contributed by atoms with Crippen molar-refractivity contribution in [3.63, 3.8) is 0 Å². The molecule has 0 aromatic heterocycles. The standard InChI is InChI=1S/C9H18N2O3/c1-9(2-3-10-6-9)8(14)11-7(4-12)5-13/h7,10,12-13H,2-6H2,1H3,(H,11,14). The van der Waals surface area contributed by atoms with Gasteiger partial charge in [-0.2, -0.15) is 0 Å². The molecule has 1 unspecified atom stereocenters. The number of rotatable bonds is 4. The minimum absolute atomic E-state index is 0.101. The van der Waals surface area contributed by atoms with Crippen LogP contribution in [-0.2, 0) is 4.79 Å². The zero-order valence-electron chi connectivity index (χ0n) is 8.42. The SMILES string of the molecule is CC1(C(=O)NC(CO)CO)CCNC1. The Morgan fingerprint density at radius 3 is 2.64 bits per heavy atom. The lowest BCUT2D eigenvalue weighted by Crippen LogP contribution is -2.48. The highest BCUT2D eigenvalue weighted by Gasteiger charge is 2.36. The van der Waals surface area contributed by atoms with Crippen LogP contribution in [0.5, 0.6) is 0 Å². The van der Waals surface area contributed by atoms with Crippen molar-refractivity contribution < 1.29 is 15.0 Å². The van der Waals surface area contributed by atoms with E-state index in [0.29, 0.717) is 6.54 Å². The molecule has 1 aliphatic heterocycles. The minimum atomic E-state index is -0.542. The third-order valence-electron chi connectivity index (χ3n) is 2.69. The summed E-state index contributed by atoms with van der Waals surface area (Å²) in [6.07, 6.45) is 0.794. The fraction of sp³-hybridized carbons (Fsp3) is 0.889. The third kappa shape index (κ3) is 2.43. The second-order valence-electron chi connectivity index (χ2n) is 4.02. The van der Waals surface area contributed by atoms with Crippen LogP contribution in [0.3, 0.4) is 0 Å². The second-order valence-corrected chi connectivity index (χ2v) is 4.02. The number of hydrogen-bond donors (Lipinski definition) is 4. The van der Waals surface area contributed by atoms with Gasteiger partial charge in [-0.25, -0.2) is 0 Å². The molecule has 1 rings (SSSR count). The van der Waals surface area contributed by atoms with Gasteiger partial charge in [-0.15, -0.1) is 0 Å². The number of aliphatic hydroxyl groups is 2. The first-order valence-corrected chi connectivity index (χ1v) is 4.86. The molecule has 82 valence electrons. The fourth-order valence-corrected chi connectivity index (χ4v) is 1.52. The van der Waals surface area contributed by atoms with Gasteiger partial charge in [-0.1, -0.05) is 0 Å². The van der Waals surface area contributed by atoms with Gasteiger partial charge in [0.25, 0.3) is 0 Å². The second kappa shape index (κ2) is 4.72. The molecule has 1 aliphatic rings. The van der Waals surface area contributed by atoms with Crippen LogP contribution >= 0.6 is 0 Å². The Labute approximate surface area is 83.5 Å². The van der Waals surface area contributed by atoms with E-state index >= 15 is 0 Å². The van der Waals surface area contributed by atoms with Crippen LogP contribution in [-0.4, -0.2) is 48.5 Å². The molecule has 5 nitrogen and oxygen atoms in total. The summed E-state index contributed by atoms with van der Waals surface area (Å²) in [7, 11) is 0. The van der Waals surface area contributed by atoms with Crippen molar-refractivity contribution in [2.75, 3.05) is 26.3 Å². The van der Waals surface area contributed by atoms with Gasteiger partial charge in [0.1, 0.15) is 0 Å². The Balaban J connectivity index is 2.48. The van der Waals surface area contributed by atoms with Gasteiger partial charge in [0.05, 0.1) is 24.7 Å². The average Bonchev–Trinajstić information content (AvgIpc) is 2.62. The maximum absolute atomic E-state index is 11.7. The molecule has 5 heteroatoms. The van der Waals surface area contributed by atoms with Crippen LogP contribution in [0, 0.1) is 5.41 Å². The number of amides is 1. The van der Waals surface area contributed by atoms with Crippen LogP contribution in [0.1, 0.15) is 13.3 Å². The van der Waals surface area contributed by atoms with Crippen molar-refractivity contribution in [1.82, 2.24) is 10.6 Å². The first-order chi connectivity index (χ1) is 6.62. The van der Waals surface area contributed by atoms with Crippen LogP contribution in [0.15, 0.2) is 0 Å². The number of hydrogen-bond acceptors (Lipinski definition) is 4. The highest BCUT2D eigenvalue weighted by molar-refractivity contribution is 5.83. The van der Waals surface area contributed by atoms with Crippen LogP contribution in [0.2, 0.25) is 0 Å². The highest BCUT2D eigenvalue weighted by atomic mass is 16.3. The molecule has 0 aromatic carbocycles. The summed E-state index contributed by atoms with van der Waals surface area (Å²) in [4.78, 5) is 11.7. The number of nitrogens with one attached hydrogen (secondary N) is 2. The Kier molecular flexibility index (Phi) is 3.86. The number of aliphatic hydroxyl groups excluding tert-OH is 2. The summed E-state index contributed by atoms with van der Waals surface area (Å²) in [5.74, 6) is -0.101. The maximum Gasteiger partial charge on any atom is 0.227 e. The van der Waals surface area contributed by atoms with E-state index in [1.165, 1.54) is 0 Å². The summed E-state index contributed by atoms with van der Waals surface area (Å²) < 4.78 is 0. The summed E-state index contributed by atoms with van der Waals surface area (Å²) in [6, 6.07) is -0.542. The number of carbonyl (C=O) groups is 1. The van der Waals surface area contributed by atoms with E-state index in [1.54, 1.807) is 0 Å². The summed E-state index contributed by atoms with van der Waals surface area (Å²) in [6.45, 7) is 2.92. The summed E-state index contributed by atoms with van der Waals surface area (Å²) in [5.41, 5.74) is -0.400. The molecule has 0 aliphatic carbocycles. The molecule has 1 heterocycles. The molecule has 1 saturated heterocycles. The Morgan fingerprint density at radius 2 is 2.21 bits per heavy atom. The van der Waals surface area contributed by atoms with Crippen molar-refractivity contribution in [2.24, 2.45) is 5.41 Å².